The fourth-order valence-corrected chi connectivity index (χ4v) is 1.91. The van der Waals surface area contributed by atoms with E-state index in [1.54, 1.807) is 6.92 Å². The van der Waals surface area contributed by atoms with Gasteiger partial charge in [-0.05, 0) is 19.9 Å². The number of nitro benzene ring substituents is 1. The number of nitro groups is 1. The van der Waals surface area contributed by atoms with Gasteiger partial charge in [0.25, 0.3) is 5.69 Å². The maximum Gasteiger partial charge on any atom is 0.345 e. The van der Waals surface area contributed by atoms with Crippen molar-refractivity contribution < 1.29 is 33.5 Å². The molecule has 1 rings (SSSR count). The van der Waals surface area contributed by atoms with Crippen molar-refractivity contribution in [2.75, 3.05) is 32.2 Å². The van der Waals surface area contributed by atoms with Crippen molar-refractivity contribution in [3.8, 4) is 0 Å². The first-order valence-electron chi connectivity index (χ1n) is 7.31. The highest BCUT2D eigenvalue weighted by Gasteiger charge is 2.28. The van der Waals surface area contributed by atoms with Gasteiger partial charge in [0.15, 0.2) is 0 Å². The Labute approximate surface area is 143 Å². The first kappa shape index (κ1) is 20.0. The standard InChI is InChI=1S/C15H18N2O8/c1-4-24-14(19)9-7-12(17(21)22)10(15(20)25-5-2)6-11(9)16-13(18)8-23-3/h6-7H,4-5,8H2,1-3H3,(H,16,18). The van der Waals surface area contributed by atoms with Gasteiger partial charge in [0.1, 0.15) is 12.2 Å². The van der Waals surface area contributed by atoms with Gasteiger partial charge < -0.3 is 19.5 Å². The second kappa shape index (κ2) is 9.33. The minimum absolute atomic E-state index is 0.000975. The van der Waals surface area contributed by atoms with Gasteiger partial charge >= 0.3 is 11.9 Å². The lowest BCUT2D eigenvalue weighted by atomic mass is 10.1. The minimum atomic E-state index is -0.952. The molecule has 25 heavy (non-hydrogen) atoms. The summed E-state index contributed by atoms with van der Waals surface area (Å²) in [5, 5.41) is 13.6. The monoisotopic (exact) mass is 354 g/mol. The lowest BCUT2D eigenvalue weighted by Crippen LogP contribution is -2.21. The summed E-state index contributed by atoms with van der Waals surface area (Å²) >= 11 is 0. The number of rotatable bonds is 8. The van der Waals surface area contributed by atoms with Gasteiger partial charge in [0.2, 0.25) is 5.91 Å². The molecule has 0 saturated heterocycles. The summed E-state index contributed by atoms with van der Waals surface area (Å²) in [5.74, 6) is -2.45. The molecule has 0 bridgehead atoms. The fourth-order valence-electron chi connectivity index (χ4n) is 1.91. The van der Waals surface area contributed by atoms with Crippen LogP contribution in [0.2, 0.25) is 0 Å². The smallest absolute Gasteiger partial charge is 0.345 e. The van der Waals surface area contributed by atoms with Gasteiger partial charge in [-0.1, -0.05) is 0 Å². The van der Waals surface area contributed by atoms with Gasteiger partial charge in [0.05, 0.1) is 29.4 Å². The van der Waals surface area contributed by atoms with Gasteiger partial charge in [-0.2, -0.15) is 0 Å². The normalized spacial score (nSPS) is 10.0. The molecule has 136 valence electrons. The van der Waals surface area contributed by atoms with E-state index in [-0.39, 0.29) is 31.1 Å². The molecule has 0 aliphatic carbocycles. The molecular weight excluding hydrogens is 336 g/mol. The molecule has 0 unspecified atom stereocenters. The topological polar surface area (TPSA) is 134 Å². The van der Waals surface area contributed by atoms with Crippen LogP contribution in [-0.4, -0.2) is 49.7 Å². The predicted octanol–water partition coefficient (Wildman–Crippen LogP) is 1.53. The Balaban J connectivity index is 3.49. The average molecular weight is 354 g/mol. The molecule has 0 fully saturated rings. The Morgan fingerprint density at radius 2 is 1.64 bits per heavy atom. The van der Waals surface area contributed by atoms with Crippen LogP contribution in [0.5, 0.6) is 0 Å². The lowest BCUT2D eigenvalue weighted by Gasteiger charge is -2.12. The van der Waals surface area contributed by atoms with E-state index in [4.69, 9.17) is 9.47 Å². The van der Waals surface area contributed by atoms with Gasteiger partial charge in [-0.25, -0.2) is 9.59 Å². The van der Waals surface area contributed by atoms with E-state index in [0.29, 0.717) is 0 Å². The first-order valence-corrected chi connectivity index (χ1v) is 7.31. The molecule has 0 aliphatic rings. The van der Waals surface area contributed by atoms with E-state index in [0.717, 1.165) is 12.1 Å². The molecule has 10 nitrogen and oxygen atoms in total. The van der Waals surface area contributed by atoms with Crippen molar-refractivity contribution in [2.24, 2.45) is 0 Å². The summed E-state index contributed by atoms with van der Waals surface area (Å²) < 4.78 is 14.3. The van der Waals surface area contributed by atoms with E-state index in [9.17, 15) is 24.5 Å². The zero-order valence-electron chi connectivity index (χ0n) is 14.0. The van der Waals surface area contributed by atoms with Crippen molar-refractivity contribution in [3.63, 3.8) is 0 Å². The zero-order valence-corrected chi connectivity index (χ0v) is 14.0. The molecule has 0 spiro atoms. The zero-order chi connectivity index (χ0) is 19.0. The minimum Gasteiger partial charge on any atom is -0.462 e. The Morgan fingerprint density at radius 1 is 1.08 bits per heavy atom. The van der Waals surface area contributed by atoms with Crippen LogP contribution in [0.4, 0.5) is 11.4 Å². The molecule has 10 heteroatoms. The van der Waals surface area contributed by atoms with Gasteiger partial charge in [-0.15, -0.1) is 0 Å². The second-order valence-corrected chi connectivity index (χ2v) is 4.59. The van der Waals surface area contributed by atoms with E-state index in [2.05, 4.69) is 10.1 Å². The Kier molecular flexibility index (Phi) is 7.47. The van der Waals surface area contributed by atoms with Crippen LogP contribution >= 0.6 is 0 Å². The third-order valence-electron chi connectivity index (χ3n) is 2.87. The van der Waals surface area contributed by atoms with Crippen LogP contribution in [0.25, 0.3) is 0 Å². The van der Waals surface area contributed by atoms with Crippen LogP contribution in [-0.2, 0) is 19.0 Å². The van der Waals surface area contributed by atoms with Crippen molar-refractivity contribution in [3.05, 3.63) is 33.4 Å². The number of nitrogens with zero attached hydrogens (tertiary/aromatic N) is 1. The molecule has 0 atom stereocenters. The molecular formula is C15H18N2O8. The summed E-state index contributed by atoms with van der Waals surface area (Å²) in [6, 6.07) is 1.88. The Bertz CT molecular complexity index is 686. The highest BCUT2D eigenvalue weighted by Crippen LogP contribution is 2.29. The molecule has 1 aromatic carbocycles. The number of benzene rings is 1. The number of amides is 1. The maximum absolute atomic E-state index is 12.0. The van der Waals surface area contributed by atoms with Crippen LogP contribution in [0, 0.1) is 10.1 Å². The van der Waals surface area contributed by atoms with Gasteiger partial charge in [0, 0.05) is 13.2 Å². The second-order valence-electron chi connectivity index (χ2n) is 4.59. The Morgan fingerprint density at radius 3 is 2.12 bits per heavy atom. The van der Waals surface area contributed by atoms with Crippen LogP contribution in [0.15, 0.2) is 12.1 Å². The third kappa shape index (κ3) is 5.24. The van der Waals surface area contributed by atoms with Crippen molar-refractivity contribution in [1.29, 1.82) is 0 Å². The highest BCUT2D eigenvalue weighted by atomic mass is 16.6. The van der Waals surface area contributed by atoms with Crippen LogP contribution in [0.3, 0.4) is 0 Å². The summed E-state index contributed by atoms with van der Waals surface area (Å²) in [5.41, 5.74) is -1.40. The summed E-state index contributed by atoms with van der Waals surface area (Å²) in [6.45, 7) is 2.81. The Hall–Kier alpha value is -3.01. The quantitative estimate of drug-likeness (QED) is 0.422. The number of hydrogen-bond acceptors (Lipinski definition) is 8. The van der Waals surface area contributed by atoms with Crippen molar-refractivity contribution >= 4 is 29.2 Å². The number of anilines is 1. The molecule has 0 radical (unpaired) electrons. The predicted molar refractivity (Wildman–Crippen MR) is 85.5 cm³/mol. The van der Waals surface area contributed by atoms with E-state index in [1.807, 2.05) is 0 Å². The number of ether oxygens (including phenoxy) is 3. The molecule has 0 heterocycles. The molecule has 1 N–H and O–H groups in total. The van der Waals surface area contributed by atoms with Crippen LogP contribution in [0.1, 0.15) is 34.6 Å². The number of carbonyl (C=O) groups is 3. The van der Waals surface area contributed by atoms with E-state index in [1.165, 1.54) is 14.0 Å². The number of methoxy groups -OCH3 is 1. The highest BCUT2D eigenvalue weighted by molar-refractivity contribution is 6.05. The lowest BCUT2D eigenvalue weighted by molar-refractivity contribution is -0.385. The maximum atomic E-state index is 12.0. The summed E-state index contributed by atoms with van der Waals surface area (Å²) in [6.07, 6.45) is 0. The number of esters is 2. The van der Waals surface area contributed by atoms with Crippen molar-refractivity contribution in [1.82, 2.24) is 0 Å². The third-order valence-corrected chi connectivity index (χ3v) is 2.87. The number of carbonyl (C=O) groups excluding carboxylic acids is 3. The molecule has 0 saturated carbocycles. The molecule has 1 aromatic rings. The van der Waals surface area contributed by atoms with E-state index >= 15 is 0 Å². The van der Waals surface area contributed by atoms with Crippen LogP contribution < -0.4 is 5.32 Å². The molecule has 0 aromatic heterocycles. The number of hydrogen-bond donors (Lipinski definition) is 1. The van der Waals surface area contributed by atoms with E-state index < -0.39 is 34.0 Å². The first-order chi connectivity index (χ1) is 11.8. The van der Waals surface area contributed by atoms with Crippen molar-refractivity contribution in [2.45, 2.75) is 13.8 Å². The SMILES string of the molecule is CCOC(=O)c1cc([N+](=O)[O-])c(C(=O)OCC)cc1NC(=O)COC. The summed E-state index contributed by atoms with van der Waals surface area (Å²) in [7, 11) is 1.30. The molecule has 1 amide bonds. The molecule has 0 aliphatic heterocycles. The number of nitrogens with one attached hydrogen (secondary N) is 1. The average Bonchev–Trinajstić information content (AvgIpc) is 2.54. The summed E-state index contributed by atoms with van der Waals surface area (Å²) in [4.78, 5) is 46.1. The largest absolute Gasteiger partial charge is 0.462 e. The van der Waals surface area contributed by atoms with Gasteiger partial charge in [-0.3, -0.25) is 14.9 Å². The fraction of sp³-hybridized carbons (Fsp3) is 0.400.